The van der Waals surface area contributed by atoms with E-state index in [2.05, 4.69) is 9.71 Å². The Kier molecular flexibility index (Phi) is 7.42. The number of carbonyl (C=O) groups is 1. The van der Waals surface area contributed by atoms with E-state index >= 15 is 0 Å². The van der Waals surface area contributed by atoms with E-state index < -0.39 is 16.0 Å². The number of hydrogen-bond donors (Lipinski definition) is 3. The van der Waals surface area contributed by atoms with Crippen LogP contribution < -0.4 is 22.1 Å². The molecular formula is C26H23ClN6O3S. The van der Waals surface area contributed by atoms with Gasteiger partial charge < -0.3 is 21.4 Å². The lowest BCUT2D eigenvalue weighted by Crippen LogP contribution is -2.24. The summed E-state index contributed by atoms with van der Waals surface area (Å²) in [5.74, 6) is -0.753. The van der Waals surface area contributed by atoms with Crippen LogP contribution in [0.15, 0.2) is 106 Å². The highest BCUT2D eigenvalue weighted by Crippen LogP contribution is 2.19. The zero-order valence-electron chi connectivity index (χ0n) is 19.7. The highest BCUT2D eigenvalue weighted by molar-refractivity contribution is 7.90. The highest BCUT2D eigenvalue weighted by atomic mass is 35.5. The number of rotatable bonds is 7. The van der Waals surface area contributed by atoms with Crippen LogP contribution in [0.4, 0.5) is 11.4 Å². The number of aryl methyl sites for hydroxylation is 1. The molecule has 0 aliphatic carbocycles. The average molecular weight is 535 g/mol. The Morgan fingerprint density at radius 2 is 1.70 bits per heavy atom. The van der Waals surface area contributed by atoms with Crippen LogP contribution >= 0.6 is 11.6 Å². The number of guanidine groups is 1. The second-order valence-corrected chi connectivity index (χ2v) is 10.0. The van der Waals surface area contributed by atoms with Gasteiger partial charge in [0.15, 0.2) is 5.78 Å². The van der Waals surface area contributed by atoms with Crippen molar-refractivity contribution in [2.75, 3.05) is 5.32 Å². The third kappa shape index (κ3) is 6.24. The maximum Gasteiger partial charge on any atom is 0.285 e. The fraction of sp³-hybridized carbons (Fsp3) is 0.0385. The van der Waals surface area contributed by atoms with Gasteiger partial charge in [-0.1, -0.05) is 11.6 Å². The van der Waals surface area contributed by atoms with E-state index in [0.29, 0.717) is 22.0 Å². The molecule has 0 aliphatic heterocycles. The lowest BCUT2D eigenvalue weighted by Gasteiger charge is -2.06. The fourth-order valence-corrected chi connectivity index (χ4v) is 4.56. The van der Waals surface area contributed by atoms with Crippen LogP contribution in [0.1, 0.15) is 10.4 Å². The normalized spacial score (nSPS) is 12.1. The van der Waals surface area contributed by atoms with Crippen LogP contribution in [0, 0.1) is 0 Å². The van der Waals surface area contributed by atoms with Crippen molar-refractivity contribution in [2.24, 2.45) is 27.9 Å². The number of carbonyl (C=O) groups excluding carboxylic acids is 1. The second-order valence-electron chi connectivity index (χ2n) is 7.99. The molecule has 3 aromatic carbocycles. The minimum Gasteiger partial charge on any atom is -0.369 e. The van der Waals surface area contributed by atoms with Crippen LogP contribution in [0.5, 0.6) is 0 Å². The lowest BCUT2D eigenvalue weighted by molar-refractivity contribution is 0.104. The van der Waals surface area contributed by atoms with E-state index in [1.165, 1.54) is 36.5 Å². The molecule has 188 valence electrons. The van der Waals surface area contributed by atoms with Crippen molar-refractivity contribution in [2.45, 2.75) is 4.90 Å². The standard InChI is InChI=1S/C26H23ClN6O3S/c1-33-15-13-23(22-11-4-18(27)16-24(22)33)31-20-5-2-17(3-6-20)25(34)12-14-30-19-7-9-21(10-8-19)37(35,36)32-26(28)29/h2-16,30H,1H3,(H4,28,29,32)/b14-12+,31-23?. The Morgan fingerprint density at radius 3 is 2.38 bits per heavy atom. The van der Waals surface area contributed by atoms with Crippen molar-refractivity contribution in [3.63, 3.8) is 0 Å². The van der Waals surface area contributed by atoms with E-state index in [0.717, 1.165) is 16.3 Å². The van der Waals surface area contributed by atoms with Gasteiger partial charge in [-0.2, -0.15) is 8.42 Å². The third-order valence-corrected chi connectivity index (χ3v) is 6.89. The SMILES string of the molecule is Cn1ccc(=Nc2ccc(C(=O)/C=C/Nc3ccc(S(=O)(=O)N=C(N)N)cc3)cc2)c2ccc(Cl)cc21. The van der Waals surface area contributed by atoms with Crippen molar-refractivity contribution in [1.29, 1.82) is 0 Å². The molecule has 1 aromatic heterocycles. The summed E-state index contributed by atoms with van der Waals surface area (Å²) in [6.07, 6.45) is 4.77. The van der Waals surface area contributed by atoms with E-state index in [1.807, 2.05) is 42.1 Å². The number of pyridine rings is 1. The molecule has 11 heteroatoms. The van der Waals surface area contributed by atoms with Crippen LogP contribution in [0.2, 0.25) is 5.02 Å². The molecule has 0 unspecified atom stereocenters. The fourth-order valence-electron chi connectivity index (χ4n) is 3.53. The summed E-state index contributed by atoms with van der Waals surface area (Å²) in [7, 11) is -2.02. The molecule has 0 radical (unpaired) electrons. The predicted molar refractivity (Wildman–Crippen MR) is 146 cm³/mol. The largest absolute Gasteiger partial charge is 0.369 e. The Hall–Kier alpha value is -4.41. The molecule has 9 nitrogen and oxygen atoms in total. The van der Waals surface area contributed by atoms with Gasteiger partial charge in [-0.15, -0.1) is 4.40 Å². The summed E-state index contributed by atoms with van der Waals surface area (Å²) in [6.45, 7) is 0. The van der Waals surface area contributed by atoms with Gasteiger partial charge in [0.25, 0.3) is 10.0 Å². The second kappa shape index (κ2) is 10.7. The summed E-state index contributed by atoms with van der Waals surface area (Å²) >= 11 is 6.14. The van der Waals surface area contributed by atoms with Crippen molar-refractivity contribution in [1.82, 2.24) is 4.57 Å². The van der Waals surface area contributed by atoms with Crippen molar-refractivity contribution in [3.05, 3.63) is 107 Å². The number of ketones is 1. The number of nitrogens with two attached hydrogens (primary N) is 2. The molecule has 0 fully saturated rings. The minimum absolute atomic E-state index is 0.0572. The Morgan fingerprint density at radius 1 is 1.00 bits per heavy atom. The lowest BCUT2D eigenvalue weighted by atomic mass is 10.1. The molecule has 4 rings (SSSR count). The number of nitrogens with one attached hydrogen (secondary N) is 1. The van der Waals surface area contributed by atoms with Gasteiger partial charge in [-0.3, -0.25) is 4.79 Å². The number of hydrogen-bond acceptors (Lipinski definition) is 5. The molecule has 1 heterocycles. The molecule has 5 N–H and O–H groups in total. The van der Waals surface area contributed by atoms with Crippen molar-refractivity contribution in [3.8, 4) is 0 Å². The molecule has 0 saturated carbocycles. The van der Waals surface area contributed by atoms with Gasteiger partial charge in [0.1, 0.15) is 0 Å². The van der Waals surface area contributed by atoms with Gasteiger partial charge >= 0.3 is 0 Å². The van der Waals surface area contributed by atoms with Gasteiger partial charge in [-0.25, -0.2) is 4.99 Å². The third-order valence-electron chi connectivity index (χ3n) is 5.34. The van der Waals surface area contributed by atoms with Gasteiger partial charge in [0.2, 0.25) is 5.96 Å². The Labute approximate surface area is 218 Å². The number of anilines is 1. The van der Waals surface area contributed by atoms with Crippen LogP contribution in [-0.4, -0.2) is 24.7 Å². The van der Waals surface area contributed by atoms with E-state index in [9.17, 15) is 13.2 Å². The van der Waals surface area contributed by atoms with Gasteiger partial charge in [-0.05, 0) is 72.8 Å². The summed E-state index contributed by atoms with van der Waals surface area (Å²) in [4.78, 5) is 17.2. The highest BCUT2D eigenvalue weighted by Gasteiger charge is 2.12. The number of nitrogens with zero attached hydrogens (tertiary/aromatic N) is 3. The van der Waals surface area contributed by atoms with Crippen LogP contribution in [0.25, 0.3) is 10.9 Å². The van der Waals surface area contributed by atoms with Gasteiger partial charge in [0, 0.05) is 47.2 Å². The number of allylic oxidation sites excluding steroid dienone is 1. The maximum atomic E-state index is 12.5. The van der Waals surface area contributed by atoms with Gasteiger partial charge in [0.05, 0.1) is 21.5 Å². The quantitative estimate of drug-likeness (QED) is 0.142. The monoisotopic (exact) mass is 534 g/mol. The zero-order chi connectivity index (χ0) is 26.6. The summed E-state index contributed by atoms with van der Waals surface area (Å²) in [5, 5.41) is 5.33. The van der Waals surface area contributed by atoms with Crippen molar-refractivity contribution < 1.29 is 13.2 Å². The molecule has 0 saturated heterocycles. The Bertz CT molecular complexity index is 1700. The molecule has 0 aliphatic rings. The van der Waals surface area contributed by atoms with E-state index in [4.69, 9.17) is 28.1 Å². The number of aromatic nitrogens is 1. The maximum absolute atomic E-state index is 12.5. The summed E-state index contributed by atoms with van der Waals surface area (Å²) in [6, 6.07) is 20.3. The number of fused-ring (bicyclic) bond motifs is 1. The number of sulfonamides is 1. The smallest absolute Gasteiger partial charge is 0.285 e. The molecule has 4 aromatic rings. The molecule has 0 bridgehead atoms. The minimum atomic E-state index is -3.96. The Balaban J connectivity index is 1.45. The van der Waals surface area contributed by atoms with Crippen molar-refractivity contribution >= 4 is 55.6 Å². The molecule has 0 atom stereocenters. The molecule has 0 spiro atoms. The van der Waals surface area contributed by atoms with Crippen LogP contribution in [0.3, 0.4) is 0 Å². The molecular weight excluding hydrogens is 512 g/mol. The first-order valence-electron chi connectivity index (χ1n) is 11.0. The number of benzene rings is 3. The average Bonchev–Trinajstić information content (AvgIpc) is 2.86. The van der Waals surface area contributed by atoms with E-state index in [-0.39, 0.29) is 10.7 Å². The molecule has 37 heavy (non-hydrogen) atoms. The van der Waals surface area contributed by atoms with Crippen LogP contribution in [-0.2, 0) is 17.1 Å². The topological polar surface area (TPSA) is 145 Å². The zero-order valence-corrected chi connectivity index (χ0v) is 21.2. The molecule has 0 amide bonds. The summed E-state index contributed by atoms with van der Waals surface area (Å²) < 4.78 is 29.2. The van der Waals surface area contributed by atoms with E-state index in [1.54, 1.807) is 24.3 Å². The first kappa shape index (κ1) is 25.7. The first-order valence-corrected chi connectivity index (χ1v) is 12.8. The predicted octanol–water partition coefficient (Wildman–Crippen LogP) is 3.83. The number of halogens is 1. The summed E-state index contributed by atoms with van der Waals surface area (Å²) in [5.41, 5.74) is 13.0. The first-order chi connectivity index (χ1) is 17.6.